The molecule has 1 fully saturated rings. The fourth-order valence-electron chi connectivity index (χ4n) is 3.13. The van der Waals surface area contributed by atoms with Crippen LogP contribution in [0.25, 0.3) is 10.6 Å². The molecule has 1 aliphatic rings. The summed E-state index contributed by atoms with van der Waals surface area (Å²) in [5, 5.41) is 15.4. The van der Waals surface area contributed by atoms with Crippen molar-refractivity contribution in [3.05, 3.63) is 23.0 Å². The van der Waals surface area contributed by atoms with Crippen LogP contribution in [0, 0.1) is 6.92 Å². The highest BCUT2D eigenvalue weighted by molar-refractivity contribution is 7.17. The first-order valence-corrected chi connectivity index (χ1v) is 8.64. The zero-order valence-corrected chi connectivity index (χ0v) is 14.6. The molecule has 2 aromatic rings. The van der Waals surface area contributed by atoms with Gasteiger partial charge in [-0.15, -0.1) is 11.3 Å². The van der Waals surface area contributed by atoms with E-state index in [2.05, 4.69) is 10.1 Å². The highest BCUT2D eigenvalue weighted by atomic mass is 32.1. The van der Waals surface area contributed by atoms with E-state index in [0.29, 0.717) is 11.4 Å². The summed E-state index contributed by atoms with van der Waals surface area (Å²) in [7, 11) is 3.60. The van der Waals surface area contributed by atoms with Gasteiger partial charge < -0.3 is 10.0 Å². The van der Waals surface area contributed by atoms with E-state index in [1.165, 1.54) is 11.3 Å². The van der Waals surface area contributed by atoms with Crippen LogP contribution in [-0.2, 0) is 7.05 Å². The molecule has 6 nitrogen and oxygen atoms in total. The van der Waals surface area contributed by atoms with E-state index >= 15 is 0 Å². The fraction of sp³-hybridized carbons (Fsp3) is 0.562. The van der Waals surface area contributed by atoms with Crippen molar-refractivity contribution in [2.75, 3.05) is 13.6 Å². The van der Waals surface area contributed by atoms with Gasteiger partial charge in [0.25, 0.3) is 5.91 Å². The Morgan fingerprint density at radius 2 is 2.17 bits per heavy atom. The van der Waals surface area contributed by atoms with Crippen LogP contribution in [0.1, 0.15) is 41.0 Å². The second-order valence-corrected chi connectivity index (χ2v) is 7.43. The van der Waals surface area contributed by atoms with Crippen LogP contribution in [-0.4, -0.2) is 49.9 Å². The number of thiazole rings is 1. The molecular weight excluding hydrogens is 312 g/mol. The average Bonchev–Trinajstić information content (AvgIpc) is 3.19. The van der Waals surface area contributed by atoms with Gasteiger partial charge in [0.05, 0.1) is 17.5 Å². The van der Waals surface area contributed by atoms with Crippen molar-refractivity contribution in [3.8, 4) is 10.6 Å². The summed E-state index contributed by atoms with van der Waals surface area (Å²) in [6.45, 7) is 2.23. The van der Waals surface area contributed by atoms with Gasteiger partial charge in [0, 0.05) is 32.4 Å². The molecule has 0 unspecified atom stereocenters. The zero-order valence-electron chi connectivity index (χ0n) is 13.7. The van der Waals surface area contributed by atoms with Crippen LogP contribution in [0.5, 0.6) is 0 Å². The predicted molar refractivity (Wildman–Crippen MR) is 89.4 cm³/mol. The normalized spacial score (nSPS) is 16.7. The van der Waals surface area contributed by atoms with Crippen molar-refractivity contribution < 1.29 is 9.90 Å². The molecule has 1 N–H and O–H groups in total. The first-order chi connectivity index (χ1) is 10.9. The summed E-state index contributed by atoms with van der Waals surface area (Å²) < 4.78 is 1.72. The number of aromatic nitrogens is 3. The van der Waals surface area contributed by atoms with Gasteiger partial charge in [0.2, 0.25) is 0 Å². The number of likely N-dealkylation sites (N-methyl/N-ethyl adjacent to an activating group) is 1. The third-order valence-electron chi connectivity index (χ3n) is 4.36. The van der Waals surface area contributed by atoms with Crippen LogP contribution in [0.3, 0.4) is 0 Å². The van der Waals surface area contributed by atoms with Gasteiger partial charge in [-0.3, -0.25) is 9.48 Å². The van der Waals surface area contributed by atoms with Gasteiger partial charge in [-0.2, -0.15) is 5.10 Å². The molecule has 0 saturated heterocycles. The van der Waals surface area contributed by atoms with Gasteiger partial charge in [-0.05, 0) is 19.8 Å². The molecule has 0 spiro atoms. The summed E-state index contributed by atoms with van der Waals surface area (Å²) in [5.41, 5.74) is 0.913. The first kappa shape index (κ1) is 16.1. The Hall–Kier alpha value is -1.73. The lowest BCUT2D eigenvalue weighted by molar-refractivity contribution is 0.0158. The highest BCUT2D eigenvalue weighted by Gasteiger charge is 2.34. The summed E-state index contributed by atoms with van der Waals surface area (Å²) in [6, 6.07) is 0. The third-order valence-corrected chi connectivity index (χ3v) is 5.55. The lowest BCUT2D eigenvalue weighted by Gasteiger charge is -2.28. The Kier molecular flexibility index (Phi) is 4.25. The Morgan fingerprint density at radius 1 is 1.48 bits per heavy atom. The van der Waals surface area contributed by atoms with Crippen molar-refractivity contribution in [2.45, 2.75) is 38.2 Å². The molecule has 23 heavy (non-hydrogen) atoms. The number of hydrogen-bond acceptors (Lipinski definition) is 5. The minimum absolute atomic E-state index is 0.0736. The molecular formula is C16H22N4O2S. The maximum atomic E-state index is 12.7. The van der Waals surface area contributed by atoms with Gasteiger partial charge in [0.1, 0.15) is 9.88 Å². The van der Waals surface area contributed by atoms with Crippen LogP contribution in [0.15, 0.2) is 12.4 Å². The lowest BCUT2D eigenvalue weighted by Crippen LogP contribution is -2.42. The first-order valence-electron chi connectivity index (χ1n) is 7.82. The fourth-order valence-corrected chi connectivity index (χ4v) is 4.16. The number of hydrogen-bond donors (Lipinski definition) is 1. The Balaban J connectivity index is 1.78. The third kappa shape index (κ3) is 3.30. The molecule has 2 heterocycles. The molecule has 3 rings (SSSR count). The number of carbonyl (C=O) groups excluding carboxylic acids is 1. The van der Waals surface area contributed by atoms with E-state index in [4.69, 9.17) is 0 Å². The van der Waals surface area contributed by atoms with Crippen molar-refractivity contribution >= 4 is 17.2 Å². The molecule has 0 atom stereocenters. The average molecular weight is 334 g/mol. The number of nitrogens with zero attached hydrogens (tertiary/aromatic N) is 4. The van der Waals surface area contributed by atoms with Crippen LogP contribution >= 0.6 is 11.3 Å². The topological polar surface area (TPSA) is 71.2 Å². The maximum absolute atomic E-state index is 12.7. The minimum atomic E-state index is -0.727. The summed E-state index contributed by atoms with van der Waals surface area (Å²) >= 11 is 1.38. The molecule has 2 aromatic heterocycles. The smallest absolute Gasteiger partial charge is 0.265 e. The summed E-state index contributed by atoms with van der Waals surface area (Å²) in [5.74, 6) is -0.0736. The van der Waals surface area contributed by atoms with E-state index < -0.39 is 5.60 Å². The molecule has 0 radical (unpaired) electrons. The Labute approximate surface area is 139 Å². The molecule has 1 amide bonds. The molecule has 0 aliphatic heterocycles. The number of aliphatic hydroxyl groups is 1. The van der Waals surface area contributed by atoms with Gasteiger partial charge in [0.15, 0.2) is 0 Å². The predicted octanol–water partition coefficient (Wildman–Crippen LogP) is 2.23. The Bertz CT molecular complexity index is 715. The molecule has 0 bridgehead atoms. The van der Waals surface area contributed by atoms with Crippen molar-refractivity contribution in [1.82, 2.24) is 19.7 Å². The maximum Gasteiger partial charge on any atom is 0.265 e. The van der Waals surface area contributed by atoms with Gasteiger partial charge in [-0.1, -0.05) is 12.8 Å². The van der Waals surface area contributed by atoms with Crippen LogP contribution in [0.4, 0.5) is 0 Å². The second kappa shape index (κ2) is 6.05. The Morgan fingerprint density at radius 3 is 2.78 bits per heavy atom. The standard InChI is InChI=1S/C16H22N4O2S/c1-11-13(23-14(18-11)12-8-17-20(3)9-12)15(21)19(2)10-16(22)6-4-5-7-16/h8-9,22H,4-7,10H2,1-3H3. The molecule has 0 aromatic carbocycles. The highest BCUT2D eigenvalue weighted by Crippen LogP contribution is 2.32. The van der Waals surface area contributed by atoms with E-state index in [1.54, 1.807) is 22.8 Å². The largest absolute Gasteiger partial charge is 0.388 e. The zero-order chi connectivity index (χ0) is 16.6. The summed E-state index contributed by atoms with van der Waals surface area (Å²) in [6.07, 6.45) is 7.24. The van der Waals surface area contributed by atoms with Crippen LogP contribution < -0.4 is 0 Å². The SMILES string of the molecule is Cc1nc(-c2cnn(C)c2)sc1C(=O)N(C)CC1(O)CCCC1. The van der Waals surface area contributed by atoms with E-state index in [9.17, 15) is 9.90 Å². The number of amides is 1. The van der Waals surface area contributed by atoms with E-state index in [1.807, 2.05) is 20.2 Å². The monoisotopic (exact) mass is 334 g/mol. The second-order valence-electron chi connectivity index (χ2n) is 6.43. The quantitative estimate of drug-likeness (QED) is 0.931. The molecule has 124 valence electrons. The molecule has 1 aliphatic carbocycles. The van der Waals surface area contributed by atoms with Crippen LogP contribution in [0.2, 0.25) is 0 Å². The number of aryl methyl sites for hydroxylation is 2. The van der Waals surface area contributed by atoms with Crippen molar-refractivity contribution in [2.24, 2.45) is 7.05 Å². The summed E-state index contributed by atoms with van der Waals surface area (Å²) in [4.78, 5) is 19.5. The van der Waals surface area contributed by atoms with E-state index in [-0.39, 0.29) is 5.91 Å². The number of rotatable bonds is 4. The van der Waals surface area contributed by atoms with Crippen molar-refractivity contribution in [3.63, 3.8) is 0 Å². The van der Waals surface area contributed by atoms with Gasteiger partial charge >= 0.3 is 0 Å². The lowest BCUT2D eigenvalue weighted by atomic mass is 10.0. The number of carbonyl (C=O) groups is 1. The van der Waals surface area contributed by atoms with Crippen molar-refractivity contribution in [1.29, 1.82) is 0 Å². The van der Waals surface area contributed by atoms with Gasteiger partial charge in [-0.25, -0.2) is 4.98 Å². The van der Waals surface area contributed by atoms with E-state index in [0.717, 1.165) is 41.9 Å². The molecule has 1 saturated carbocycles. The molecule has 7 heteroatoms. The minimum Gasteiger partial charge on any atom is -0.388 e.